The average molecular weight is 362 g/mol. The van der Waals surface area contributed by atoms with Gasteiger partial charge in [0.05, 0.1) is 23.0 Å². The number of rotatable bonds is 0. The van der Waals surface area contributed by atoms with Crippen LogP contribution in [0.5, 0.6) is 5.75 Å². The van der Waals surface area contributed by atoms with Crippen molar-refractivity contribution in [2.75, 3.05) is 6.61 Å². The third-order valence-electron chi connectivity index (χ3n) is 5.01. The molecule has 0 atom stereocenters. The summed E-state index contributed by atoms with van der Waals surface area (Å²) < 4.78 is 7.54. The maximum Gasteiger partial charge on any atom is 0.275 e. The molecule has 2 aromatic heterocycles. The van der Waals surface area contributed by atoms with E-state index in [1.807, 2.05) is 18.2 Å². The lowest BCUT2D eigenvalue weighted by Crippen LogP contribution is -2.16. The number of para-hydroxylation sites is 2. The van der Waals surface area contributed by atoms with Crippen molar-refractivity contribution in [3.05, 3.63) is 57.1 Å². The van der Waals surface area contributed by atoms with Gasteiger partial charge in [-0.3, -0.25) is 19.4 Å². The lowest BCUT2D eigenvalue weighted by atomic mass is 10.1. The van der Waals surface area contributed by atoms with Crippen LogP contribution in [0.4, 0.5) is 0 Å². The number of hydrogen-bond donors (Lipinski definition) is 2. The number of benzene rings is 2. The van der Waals surface area contributed by atoms with Crippen molar-refractivity contribution >= 4 is 21.9 Å². The third-order valence-corrected chi connectivity index (χ3v) is 5.01. The second-order valence-electron chi connectivity index (χ2n) is 6.77. The first-order chi connectivity index (χ1) is 13.2. The second-order valence-corrected chi connectivity index (χ2v) is 6.77. The van der Waals surface area contributed by atoms with Crippen molar-refractivity contribution in [1.82, 2.24) is 19.7 Å². The topological polar surface area (TPSA) is 92.8 Å². The van der Waals surface area contributed by atoms with E-state index in [-0.39, 0.29) is 16.8 Å². The summed E-state index contributed by atoms with van der Waals surface area (Å²) in [5, 5.41) is 3.74. The Hall–Kier alpha value is -3.35. The Morgan fingerprint density at radius 1 is 1.04 bits per heavy atom. The molecule has 0 spiro atoms. The van der Waals surface area contributed by atoms with Crippen LogP contribution in [-0.4, -0.2) is 26.4 Å². The first kappa shape index (κ1) is 15.9. The molecule has 1 aliphatic rings. The zero-order valence-electron chi connectivity index (χ0n) is 14.6. The zero-order valence-corrected chi connectivity index (χ0v) is 14.6. The van der Waals surface area contributed by atoms with Gasteiger partial charge in [0.15, 0.2) is 0 Å². The summed E-state index contributed by atoms with van der Waals surface area (Å²) in [4.78, 5) is 32.9. The zero-order chi connectivity index (χ0) is 18.4. The molecule has 4 bridgehead atoms. The van der Waals surface area contributed by atoms with Crippen molar-refractivity contribution in [2.24, 2.45) is 0 Å². The molecule has 0 saturated carbocycles. The molecule has 0 unspecified atom stereocenters. The number of hydrogen-bond acceptors (Lipinski definition) is 4. The molecule has 0 fully saturated rings. The average Bonchev–Trinajstić information content (AvgIpc) is 3.00. The standard InChI is InChI=1S/C20H18N4O3/c25-19-17-12-6-4-7-13-16(12)23-24(20(13)26)10-2-1-3-11-27-15-9-5-8-14(21-19)18(15)22-17/h4-9,23H,1-3,10-11H2,(H,21,25). The summed E-state index contributed by atoms with van der Waals surface area (Å²) >= 11 is 0. The molecule has 0 saturated heterocycles. The van der Waals surface area contributed by atoms with Crippen LogP contribution in [-0.2, 0) is 6.54 Å². The molecule has 27 heavy (non-hydrogen) atoms. The van der Waals surface area contributed by atoms with E-state index in [1.165, 1.54) is 0 Å². The van der Waals surface area contributed by atoms with Crippen LogP contribution in [0, 0.1) is 0 Å². The molecule has 0 radical (unpaired) electrons. The number of nitrogens with one attached hydrogen (secondary N) is 2. The van der Waals surface area contributed by atoms with Gasteiger partial charge < -0.3 is 9.72 Å². The van der Waals surface area contributed by atoms with Gasteiger partial charge in [0.2, 0.25) is 0 Å². The number of aryl methyl sites for hydroxylation is 1. The van der Waals surface area contributed by atoms with Crippen molar-refractivity contribution < 1.29 is 4.74 Å². The molecule has 4 aromatic rings. The molecular formula is C20H18N4O3. The highest BCUT2D eigenvalue weighted by Crippen LogP contribution is 2.27. The fourth-order valence-corrected chi connectivity index (χ4v) is 3.65. The summed E-state index contributed by atoms with van der Waals surface area (Å²) in [6, 6.07) is 10.9. The Morgan fingerprint density at radius 2 is 1.93 bits per heavy atom. The Morgan fingerprint density at radius 3 is 2.85 bits per heavy atom. The van der Waals surface area contributed by atoms with E-state index < -0.39 is 0 Å². The maximum absolute atomic E-state index is 12.7. The Labute approximate surface area is 153 Å². The van der Waals surface area contributed by atoms with E-state index in [0.29, 0.717) is 46.4 Å². The van der Waals surface area contributed by atoms with Crippen LogP contribution in [0.15, 0.2) is 46.0 Å². The fourth-order valence-electron chi connectivity index (χ4n) is 3.65. The minimum Gasteiger partial charge on any atom is -0.491 e. The van der Waals surface area contributed by atoms with E-state index in [2.05, 4.69) is 15.1 Å². The molecule has 3 heterocycles. The molecule has 5 rings (SSSR count). The number of aromatic amines is 2. The van der Waals surface area contributed by atoms with Crippen molar-refractivity contribution in [1.29, 1.82) is 0 Å². The summed E-state index contributed by atoms with van der Waals surface area (Å²) in [5.74, 6) is 0.653. The molecule has 0 amide bonds. The van der Waals surface area contributed by atoms with Crippen molar-refractivity contribution in [3.63, 3.8) is 0 Å². The minimum absolute atomic E-state index is 0.0733. The number of aromatic nitrogens is 4. The van der Waals surface area contributed by atoms with Crippen LogP contribution in [0.1, 0.15) is 19.3 Å². The molecule has 7 nitrogen and oxygen atoms in total. The van der Waals surface area contributed by atoms with E-state index >= 15 is 0 Å². The molecule has 136 valence electrons. The number of H-pyrrole nitrogens is 2. The first-order valence-electron chi connectivity index (χ1n) is 9.10. The summed E-state index contributed by atoms with van der Waals surface area (Å²) in [6.07, 6.45) is 2.71. The van der Waals surface area contributed by atoms with Crippen LogP contribution in [0.25, 0.3) is 33.2 Å². The molecule has 2 N–H and O–H groups in total. The lowest BCUT2D eigenvalue weighted by molar-refractivity contribution is 0.306. The van der Waals surface area contributed by atoms with Gasteiger partial charge in [-0.2, -0.15) is 0 Å². The SMILES string of the molecule is O=c1[nH]c2cccc3c2nc1-c1cccc2c(=O)n([nH]c12)CCCCCO3. The normalized spacial score (nSPS) is 14.5. The van der Waals surface area contributed by atoms with Gasteiger partial charge in [-0.1, -0.05) is 18.2 Å². The Bertz CT molecular complexity index is 1280. The van der Waals surface area contributed by atoms with Gasteiger partial charge in [0.1, 0.15) is 17.0 Å². The van der Waals surface area contributed by atoms with Gasteiger partial charge in [-0.25, -0.2) is 4.98 Å². The van der Waals surface area contributed by atoms with E-state index in [4.69, 9.17) is 4.74 Å². The minimum atomic E-state index is -0.298. The van der Waals surface area contributed by atoms with E-state index in [1.54, 1.807) is 22.9 Å². The number of ether oxygens (including phenoxy) is 1. The van der Waals surface area contributed by atoms with Gasteiger partial charge >= 0.3 is 0 Å². The molecule has 0 aliphatic carbocycles. The van der Waals surface area contributed by atoms with Crippen LogP contribution in [0.3, 0.4) is 0 Å². The second kappa shape index (κ2) is 6.12. The van der Waals surface area contributed by atoms with Crippen molar-refractivity contribution in [3.8, 4) is 17.0 Å². The number of fused-ring (bicyclic) bond motifs is 3. The van der Waals surface area contributed by atoms with E-state index in [0.717, 1.165) is 19.3 Å². The Kier molecular flexibility index (Phi) is 3.60. The largest absolute Gasteiger partial charge is 0.491 e. The van der Waals surface area contributed by atoms with Crippen LogP contribution < -0.4 is 15.9 Å². The highest BCUT2D eigenvalue weighted by Gasteiger charge is 2.17. The predicted molar refractivity (Wildman–Crippen MR) is 103 cm³/mol. The monoisotopic (exact) mass is 362 g/mol. The Balaban J connectivity index is 1.86. The van der Waals surface area contributed by atoms with Crippen LogP contribution >= 0.6 is 0 Å². The van der Waals surface area contributed by atoms with Gasteiger partial charge in [0.25, 0.3) is 11.1 Å². The smallest absolute Gasteiger partial charge is 0.275 e. The summed E-state index contributed by atoms with van der Waals surface area (Å²) in [6.45, 7) is 1.17. The molecular weight excluding hydrogens is 344 g/mol. The number of nitrogens with zero attached hydrogens (tertiary/aromatic N) is 2. The third kappa shape index (κ3) is 2.54. The first-order valence-corrected chi connectivity index (χ1v) is 9.10. The quantitative estimate of drug-likeness (QED) is 0.503. The molecule has 7 heteroatoms. The fraction of sp³-hybridized carbons (Fsp3) is 0.250. The molecule has 1 aliphatic heterocycles. The summed E-state index contributed by atoms with van der Waals surface area (Å²) in [7, 11) is 0. The highest BCUT2D eigenvalue weighted by atomic mass is 16.5. The molecule has 2 aromatic carbocycles. The van der Waals surface area contributed by atoms with Gasteiger partial charge in [0, 0.05) is 12.1 Å². The predicted octanol–water partition coefficient (Wildman–Crippen LogP) is 2.80. The van der Waals surface area contributed by atoms with Gasteiger partial charge in [-0.05, 0) is 37.5 Å². The lowest BCUT2D eigenvalue weighted by Gasteiger charge is -2.11. The van der Waals surface area contributed by atoms with Crippen molar-refractivity contribution in [2.45, 2.75) is 25.8 Å². The van der Waals surface area contributed by atoms with E-state index in [9.17, 15) is 9.59 Å². The van der Waals surface area contributed by atoms with Crippen LogP contribution in [0.2, 0.25) is 0 Å². The summed E-state index contributed by atoms with van der Waals surface area (Å²) in [5.41, 5.74) is 2.39. The highest BCUT2D eigenvalue weighted by molar-refractivity contribution is 5.93. The van der Waals surface area contributed by atoms with Gasteiger partial charge in [-0.15, -0.1) is 0 Å². The maximum atomic E-state index is 12.7.